The van der Waals surface area contributed by atoms with Gasteiger partial charge in [-0.1, -0.05) is 0 Å². The Bertz CT molecular complexity index is 154. The van der Waals surface area contributed by atoms with Gasteiger partial charge in [-0.25, -0.2) is 5.10 Å². The van der Waals surface area contributed by atoms with Gasteiger partial charge in [0, 0.05) is 5.71 Å². The Morgan fingerprint density at radius 1 is 1.88 bits per heavy atom. The minimum absolute atomic E-state index is 0.147. The summed E-state index contributed by atoms with van der Waals surface area (Å²) in [4.78, 5) is 10.6. The van der Waals surface area contributed by atoms with E-state index in [1.165, 1.54) is 3.99 Å². The molecule has 0 unspecified atom stereocenters. The van der Waals surface area contributed by atoms with Gasteiger partial charge in [-0.15, -0.1) is 0 Å². The fourth-order valence-electron chi connectivity index (χ4n) is 0.680. The number of hydrogen-bond donors (Lipinski definition) is 0. The highest BCUT2D eigenvalue weighted by atomic mass is 27.1. The van der Waals surface area contributed by atoms with E-state index in [1.807, 2.05) is 6.92 Å². The normalized spacial score (nSPS) is 19.4. The molecule has 0 bridgehead atoms. The molecule has 0 spiro atoms. The van der Waals surface area contributed by atoms with E-state index in [2.05, 4.69) is 5.10 Å². The van der Waals surface area contributed by atoms with Gasteiger partial charge in [-0.3, -0.25) is 4.79 Å². The lowest BCUT2D eigenvalue weighted by atomic mass is 10.3. The summed E-state index contributed by atoms with van der Waals surface area (Å²) >= 11 is 0.721. The summed E-state index contributed by atoms with van der Waals surface area (Å²) in [6, 6.07) is 0. The molecule has 0 aromatic rings. The molecule has 1 aliphatic heterocycles. The van der Waals surface area contributed by atoms with Crippen LogP contribution in [0.25, 0.3) is 0 Å². The SMILES string of the molecule is CC1=N[N]([AlH2])C(=O)C1. The first-order valence-electron chi connectivity index (χ1n) is 2.51. The Morgan fingerprint density at radius 3 is 2.62 bits per heavy atom. The summed E-state index contributed by atoms with van der Waals surface area (Å²) < 4.78 is 1.51. The quantitative estimate of drug-likeness (QED) is 0.389. The first kappa shape index (κ1) is 5.80. The Balaban J connectivity index is 2.69. The van der Waals surface area contributed by atoms with Crippen LogP contribution in [0.2, 0.25) is 0 Å². The maximum absolute atomic E-state index is 10.6. The second kappa shape index (κ2) is 1.88. The molecule has 0 fully saturated rings. The topological polar surface area (TPSA) is 32.7 Å². The number of hydrogen-bond acceptors (Lipinski definition) is 2. The van der Waals surface area contributed by atoms with Crippen molar-refractivity contribution < 1.29 is 4.79 Å². The highest BCUT2D eigenvalue weighted by Gasteiger charge is 2.14. The van der Waals surface area contributed by atoms with Gasteiger partial charge in [-0.2, -0.15) is 0 Å². The third kappa shape index (κ3) is 0.909. The third-order valence-electron chi connectivity index (χ3n) is 1.09. The zero-order valence-electron chi connectivity index (χ0n) is 5.01. The molecule has 4 heteroatoms. The van der Waals surface area contributed by atoms with Crippen LogP contribution in [-0.4, -0.2) is 32.1 Å². The van der Waals surface area contributed by atoms with Crippen LogP contribution in [0.3, 0.4) is 0 Å². The number of rotatable bonds is 0. The van der Waals surface area contributed by atoms with Crippen molar-refractivity contribution in [3.05, 3.63) is 0 Å². The van der Waals surface area contributed by atoms with Crippen molar-refractivity contribution in [2.75, 3.05) is 0 Å². The fourth-order valence-corrected chi connectivity index (χ4v) is 1.18. The molecule has 0 aromatic heterocycles. The molecule has 0 N–H and O–H groups in total. The van der Waals surface area contributed by atoms with E-state index in [0.717, 1.165) is 22.2 Å². The summed E-state index contributed by atoms with van der Waals surface area (Å²) in [5.74, 6) is 0.147. The van der Waals surface area contributed by atoms with Crippen molar-refractivity contribution in [2.24, 2.45) is 5.10 Å². The lowest BCUT2D eigenvalue weighted by molar-refractivity contribution is -0.124. The minimum Gasteiger partial charge on any atom is -0.341 e. The number of amides is 1. The van der Waals surface area contributed by atoms with E-state index in [-0.39, 0.29) is 5.91 Å². The Kier molecular flexibility index (Phi) is 1.37. The van der Waals surface area contributed by atoms with E-state index in [9.17, 15) is 4.79 Å². The van der Waals surface area contributed by atoms with Gasteiger partial charge in [0.15, 0.2) is 0 Å². The predicted molar refractivity (Wildman–Crippen MR) is 33.1 cm³/mol. The van der Waals surface area contributed by atoms with Gasteiger partial charge in [0.1, 0.15) is 0 Å². The number of carbonyl (C=O) groups excluding carboxylic acids is 1. The van der Waals surface area contributed by atoms with Crippen LogP contribution in [0.5, 0.6) is 0 Å². The van der Waals surface area contributed by atoms with Gasteiger partial charge in [0.2, 0.25) is 5.91 Å². The van der Waals surface area contributed by atoms with Gasteiger partial charge >= 0.3 is 16.5 Å². The van der Waals surface area contributed by atoms with Crippen molar-refractivity contribution >= 4 is 28.1 Å². The van der Waals surface area contributed by atoms with Crippen molar-refractivity contribution in [2.45, 2.75) is 13.3 Å². The summed E-state index contributed by atoms with van der Waals surface area (Å²) in [7, 11) is 0. The van der Waals surface area contributed by atoms with Crippen molar-refractivity contribution in [1.29, 1.82) is 0 Å². The largest absolute Gasteiger partial charge is 0.403 e. The maximum atomic E-state index is 10.6. The molecule has 3 nitrogen and oxygen atoms in total. The molecule has 1 amide bonds. The van der Waals surface area contributed by atoms with Crippen molar-refractivity contribution in [1.82, 2.24) is 3.99 Å². The minimum atomic E-state index is 0.147. The summed E-state index contributed by atoms with van der Waals surface area (Å²) in [5.41, 5.74) is 0.935. The lowest BCUT2D eigenvalue weighted by Gasteiger charge is -2.00. The van der Waals surface area contributed by atoms with Crippen LogP contribution < -0.4 is 0 Å². The highest BCUT2D eigenvalue weighted by molar-refractivity contribution is 6.20. The zero-order chi connectivity index (χ0) is 6.15. The fraction of sp³-hybridized carbons (Fsp3) is 0.500. The Labute approximate surface area is 56.0 Å². The number of carbonyl (C=O) groups is 1. The van der Waals surface area contributed by atoms with Crippen LogP contribution in [0.15, 0.2) is 5.10 Å². The second-order valence-corrected chi connectivity index (χ2v) is 2.78. The van der Waals surface area contributed by atoms with Gasteiger partial charge in [-0.05, 0) is 6.92 Å². The summed E-state index contributed by atoms with van der Waals surface area (Å²) in [6.07, 6.45) is 0.531. The van der Waals surface area contributed by atoms with Gasteiger partial charge in [0.25, 0.3) is 0 Å². The molecular weight excluding hydrogens is 119 g/mol. The van der Waals surface area contributed by atoms with Crippen LogP contribution >= 0.6 is 0 Å². The molecule has 1 aliphatic rings. The van der Waals surface area contributed by atoms with Crippen molar-refractivity contribution in [3.63, 3.8) is 0 Å². The van der Waals surface area contributed by atoms with Crippen LogP contribution in [0.1, 0.15) is 13.3 Å². The lowest BCUT2D eigenvalue weighted by Crippen LogP contribution is -2.15. The van der Waals surface area contributed by atoms with E-state index < -0.39 is 0 Å². The van der Waals surface area contributed by atoms with E-state index in [4.69, 9.17) is 0 Å². The number of nitrogens with zero attached hydrogens (tertiary/aromatic N) is 2. The number of hydrazone groups is 1. The first-order chi connectivity index (χ1) is 3.70. The van der Waals surface area contributed by atoms with Gasteiger partial charge in [0.05, 0.1) is 6.42 Å². The average Bonchev–Trinajstić information content (AvgIpc) is 1.85. The van der Waals surface area contributed by atoms with Crippen LogP contribution in [0.4, 0.5) is 0 Å². The molecule has 0 atom stereocenters. The average molecular weight is 126 g/mol. The van der Waals surface area contributed by atoms with Crippen LogP contribution in [0, 0.1) is 0 Å². The van der Waals surface area contributed by atoms with E-state index >= 15 is 0 Å². The monoisotopic (exact) mass is 126 g/mol. The Hall–Kier alpha value is -0.328. The summed E-state index contributed by atoms with van der Waals surface area (Å²) in [6.45, 7) is 1.87. The first-order valence-corrected chi connectivity index (χ1v) is 3.40. The molecule has 0 aromatic carbocycles. The predicted octanol–water partition coefficient (Wildman–Crippen LogP) is -0.857. The van der Waals surface area contributed by atoms with Gasteiger partial charge < -0.3 is 3.99 Å². The Morgan fingerprint density at radius 2 is 2.50 bits per heavy atom. The molecule has 42 valence electrons. The zero-order valence-corrected chi connectivity index (χ0v) is 7.01. The molecule has 0 saturated heterocycles. The summed E-state index contributed by atoms with van der Waals surface area (Å²) in [5, 5.41) is 3.93. The van der Waals surface area contributed by atoms with Crippen molar-refractivity contribution in [3.8, 4) is 0 Å². The van der Waals surface area contributed by atoms with E-state index in [0.29, 0.717) is 6.42 Å². The second-order valence-electron chi connectivity index (χ2n) is 1.93. The third-order valence-corrected chi connectivity index (χ3v) is 1.79. The molecule has 1 heterocycles. The molecular formula is C4H7AlN2O. The molecule has 0 aliphatic carbocycles. The highest BCUT2D eigenvalue weighted by Crippen LogP contribution is 2.02. The smallest absolute Gasteiger partial charge is 0.341 e. The molecule has 0 radical (unpaired) electrons. The molecule has 0 saturated carbocycles. The van der Waals surface area contributed by atoms with E-state index in [1.54, 1.807) is 0 Å². The molecule has 8 heavy (non-hydrogen) atoms. The molecule has 1 rings (SSSR count). The standard InChI is InChI=1S/C4H6N2O.Al.2H/c1-3-2-4(7)6-5-3;;;/h2H2,1H3,(H,6,7);;;/q;+1;;/p-1. The van der Waals surface area contributed by atoms with Crippen LogP contribution in [-0.2, 0) is 4.79 Å². The maximum Gasteiger partial charge on any atom is 0.403 e.